The van der Waals surface area contributed by atoms with Gasteiger partial charge in [0.1, 0.15) is 23.7 Å². The van der Waals surface area contributed by atoms with Gasteiger partial charge in [-0.25, -0.2) is 0 Å². The van der Waals surface area contributed by atoms with Crippen LogP contribution in [-0.4, -0.2) is 86.0 Å². The Morgan fingerprint density at radius 2 is 1.39 bits per heavy atom. The molecule has 8 atom stereocenters. The van der Waals surface area contributed by atoms with Crippen molar-refractivity contribution >= 4 is 46.8 Å². The number of carbonyl (C=O) groups excluding carboxylic acids is 2. The fourth-order valence-corrected chi connectivity index (χ4v) is 6.46. The monoisotopic (exact) mass is 584 g/mol. The van der Waals surface area contributed by atoms with Gasteiger partial charge in [-0.15, -0.1) is 11.8 Å². The van der Waals surface area contributed by atoms with Gasteiger partial charge in [0.2, 0.25) is 0 Å². The molecule has 2 amide bonds. The van der Waals surface area contributed by atoms with Crippen LogP contribution < -0.4 is 10.6 Å². The zero-order valence-electron chi connectivity index (χ0n) is 20.2. The average Bonchev–Trinajstić information content (AvgIpc) is 2.91. The number of ether oxygens (including phenoxy) is 1. The van der Waals surface area contributed by atoms with E-state index in [9.17, 15) is 30.0 Å². The standard InChI is InChI=1S/C26H30Cl2N2O7S/c27-15-8-4-13(5-9-15)24(35)29-17-2-1-3-19(21(17)32)38-26-23(34)20(22(33)18(12-31)37-26)30-25(36)14-6-10-16(28)11-7-14/h4-11,17-23,26,31-34H,1-3,12H2,(H,29,35)(H,30,36)/t17?,18?,19-,20?,21?,22+,23?,26+/m1/s1. The predicted molar refractivity (Wildman–Crippen MR) is 144 cm³/mol. The molecule has 4 rings (SSSR count). The lowest BCUT2D eigenvalue weighted by Crippen LogP contribution is -2.64. The van der Waals surface area contributed by atoms with Crippen LogP contribution in [0.1, 0.15) is 40.0 Å². The molecule has 0 spiro atoms. The van der Waals surface area contributed by atoms with Gasteiger partial charge < -0.3 is 35.8 Å². The van der Waals surface area contributed by atoms with Crippen molar-refractivity contribution in [2.45, 2.75) is 66.4 Å². The number of carbonyl (C=O) groups is 2. The van der Waals surface area contributed by atoms with Gasteiger partial charge in [0, 0.05) is 26.4 Å². The Hall–Kier alpha value is -1.89. The minimum absolute atomic E-state index is 0.284. The molecule has 5 unspecified atom stereocenters. The molecule has 2 aromatic carbocycles. The van der Waals surface area contributed by atoms with Crippen LogP contribution in [0.2, 0.25) is 10.0 Å². The third-order valence-corrected chi connectivity index (χ3v) is 8.84. The molecule has 1 saturated carbocycles. The molecule has 2 fully saturated rings. The maximum atomic E-state index is 12.8. The summed E-state index contributed by atoms with van der Waals surface area (Å²) in [5, 5.41) is 48.7. The Kier molecular flexibility index (Phi) is 9.94. The Morgan fingerprint density at radius 1 is 0.842 bits per heavy atom. The molecule has 1 aliphatic carbocycles. The normalized spacial score (nSPS) is 31.4. The summed E-state index contributed by atoms with van der Waals surface area (Å²) in [6.07, 6.45) is -2.83. The lowest BCUT2D eigenvalue weighted by molar-refractivity contribution is -0.164. The summed E-state index contributed by atoms with van der Waals surface area (Å²) in [6.45, 7) is -0.536. The molecule has 0 radical (unpaired) electrons. The van der Waals surface area contributed by atoms with Gasteiger partial charge in [0.05, 0.1) is 24.8 Å². The Bertz CT molecular complexity index is 1110. The van der Waals surface area contributed by atoms with Crippen molar-refractivity contribution < 1.29 is 34.8 Å². The maximum Gasteiger partial charge on any atom is 0.251 e. The van der Waals surface area contributed by atoms with Gasteiger partial charge in [-0.1, -0.05) is 29.6 Å². The fraction of sp³-hybridized carbons (Fsp3) is 0.462. The number of amides is 2. The Balaban J connectivity index is 1.42. The summed E-state index contributed by atoms with van der Waals surface area (Å²) >= 11 is 12.9. The van der Waals surface area contributed by atoms with E-state index < -0.39 is 59.7 Å². The third kappa shape index (κ3) is 6.81. The van der Waals surface area contributed by atoms with Crippen LogP contribution in [0.4, 0.5) is 0 Å². The SMILES string of the molecule is O=C(NC1CCC[C@@H](S[C@@H]2OC(CO)[C@H](O)C(NC(=O)c3ccc(Cl)cc3)C2O)C1O)c1ccc(Cl)cc1. The third-order valence-electron chi connectivity index (χ3n) is 6.82. The molecule has 2 aromatic rings. The van der Waals surface area contributed by atoms with Crippen molar-refractivity contribution in [3.8, 4) is 0 Å². The topological polar surface area (TPSA) is 148 Å². The molecular weight excluding hydrogens is 555 g/mol. The molecule has 1 heterocycles. The van der Waals surface area contributed by atoms with Crippen LogP contribution in [0, 0.1) is 0 Å². The van der Waals surface area contributed by atoms with Crippen molar-refractivity contribution in [2.24, 2.45) is 0 Å². The summed E-state index contributed by atoms with van der Waals surface area (Å²) < 4.78 is 5.77. The van der Waals surface area contributed by atoms with Crippen LogP contribution in [0.15, 0.2) is 48.5 Å². The summed E-state index contributed by atoms with van der Waals surface area (Å²) in [4.78, 5) is 25.4. The highest BCUT2D eigenvalue weighted by atomic mass is 35.5. The smallest absolute Gasteiger partial charge is 0.251 e. The molecular formula is C26H30Cl2N2O7S. The molecule has 38 heavy (non-hydrogen) atoms. The number of hydrogen-bond donors (Lipinski definition) is 6. The zero-order chi connectivity index (χ0) is 27.4. The fourth-order valence-electron chi connectivity index (χ4n) is 4.68. The number of rotatable bonds is 7. The molecule has 1 aliphatic heterocycles. The van der Waals surface area contributed by atoms with Gasteiger partial charge in [-0.05, 0) is 61.4 Å². The lowest BCUT2D eigenvalue weighted by Gasteiger charge is -2.44. The van der Waals surface area contributed by atoms with E-state index >= 15 is 0 Å². The van der Waals surface area contributed by atoms with Gasteiger partial charge in [-0.2, -0.15) is 0 Å². The van der Waals surface area contributed by atoms with Gasteiger partial charge in [0.15, 0.2) is 0 Å². The highest BCUT2D eigenvalue weighted by Gasteiger charge is 2.47. The first kappa shape index (κ1) is 29.1. The van der Waals surface area contributed by atoms with Crippen LogP contribution >= 0.6 is 35.0 Å². The summed E-state index contributed by atoms with van der Waals surface area (Å²) in [5.74, 6) is -0.867. The minimum Gasteiger partial charge on any atom is -0.394 e. The van der Waals surface area contributed by atoms with E-state index in [1.807, 2.05) is 0 Å². The molecule has 0 bridgehead atoms. The first-order valence-corrected chi connectivity index (χ1v) is 14.0. The highest BCUT2D eigenvalue weighted by molar-refractivity contribution is 8.00. The number of nitrogens with one attached hydrogen (secondary N) is 2. The number of aliphatic hydroxyl groups excluding tert-OH is 4. The molecule has 0 aromatic heterocycles. The Morgan fingerprint density at radius 3 is 1.95 bits per heavy atom. The van der Waals surface area contributed by atoms with Crippen LogP contribution in [0.25, 0.3) is 0 Å². The van der Waals surface area contributed by atoms with Crippen LogP contribution in [0.5, 0.6) is 0 Å². The molecule has 12 heteroatoms. The van der Waals surface area contributed by atoms with E-state index in [4.69, 9.17) is 27.9 Å². The second-order valence-corrected chi connectivity index (χ2v) is 11.6. The molecule has 6 N–H and O–H groups in total. The number of hydrogen-bond acceptors (Lipinski definition) is 8. The largest absolute Gasteiger partial charge is 0.394 e. The van der Waals surface area contributed by atoms with Gasteiger partial charge in [0.25, 0.3) is 11.8 Å². The second kappa shape index (κ2) is 13.0. The van der Waals surface area contributed by atoms with Crippen molar-refractivity contribution in [3.63, 3.8) is 0 Å². The lowest BCUT2D eigenvalue weighted by atomic mass is 9.91. The maximum absolute atomic E-state index is 12.8. The quantitative estimate of drug-likeness (QED) is 0.289. The Labute approximate surface area is 234 Å². The zero-order valence-corrected chi connectivity index (χ0v) is 22.6. The average molecular weight is 586 g/mol. The van der Waals surface area contributed by atoms with E-state index in [1.165, 1.54) is 12.1 Å². The first-order chi connectivity index (χ1) is 18.2. The van der Waals surface area contributed by atoms with Crippen molar-refractivity contribution in [2.75, 3.05) is 6.61 Å². The molecule has 9 nitrogen and oxygen atoms in total. The number of thioether (sulfide) groups is 1. The summed E-state index contributed by atoms with van der Waals surface area (Å²) in [5.41, 5.74) is -0.259. The second-order valence-electron chi connectivity index (χ2n) is 9.40. The van der Waals surface area contributed by atoms with Crippen molar-refractivity contribution in [1.82, 2.24) is 10.6 Å². The van der Waals surface area contributed by atoms with E-state index in [2.05, 4.69) is 10.6 Å². The van der Waals surface area contributed by atoms with E-state index in [1.54, 1.807) is 36.4 Å². The molecule has 1 saturated heterocycles. The van der Waals surface area contributed by atoms with Crippen LogP contribution in [0.3, 0.4) is 0 Å². The van der Waals surface area contributed by atoms with Crippen molar-refractivity contribution in [1.29, 1.82) is 0 Å². The van der Waals surface area contributed by atoms with E-state index in [-0.39, 0.29) is 11.5 Å². The highest BCUT2D eigenvalue weighted by Crippen LogP contribution is 2.37. The summed E-state index contributed by atoms with van der Waals surface area (Å²) in [7, 11) is 0. The van der Waals surface area contributed by atoms with Gasteiger partial charge in [-0.3, -0.25) is 9.59 Å². The van der Waals surface area contributed by atoms with Gasteiger partial charge >= 0.3 is 0 Å². The number of benzene rings is 2. The first-order valence-electron chi connectivity index (χ1n) is 12.3. The van der Waals surface area contributed by atoms with Crippen molar-refractivity contribution in [3.05, 3.63) is 69.7 Å². The summed E-state index contributed by atoms with van der Waals surface area (Å²) in [6, 6.07) is 10.9. The van der Waals surface area contributed by atoms with Crippen LogP contribution in [-0.2, 0) is 4.74 Å². The molecule has 206 valence electrons. The molecule has 2 aliphatic rings. The number of aliphatic hydroxyl groups is 4. The number of halogens is 2. The van der Waals surface area contributed by atoms with E-state index in [0.29, 0.717) is 34.9 Å². The minimum atomic E-state index is -1.37. The van der Waals surface area contributed by atoms with E-state index in [0.717, 1.165) is 11.8 Å². The predicted octanol–water partition coefficient (Wildman–Crippen LogP) is 1.98.